The Balaban J connectivity index is 0.000000200. The average Bonchev–Trinajstić information content (AvgIpc) is 3.29. The Kier molecular flexibility index (Phi) is 8.92. The molecule has 3 heteroatoms. The summed E-state index contributed by atoms with van der Waals surface area (Å²) < 4.78 is 0. The van der Waals surface area contributed by atoms with Crippen molar-refractivity contribution in [2.45, 2.75) is 32.6 Å². The minimum atomic E-state index is -0.0206. The predicted octanol–water partition coefficient (Wildman–Crippen LogP) is 9.63. The van der Waals surface area contributed by atoms with Crippen LogP contribution in [0.15, 0.2) is 128 Å². The van der Waals surface area contributed by atoms with Gasteiger partial charge in [0.2, 0.25) is 0 Å². The molecule has 0 bridgehead atoms. The van der Waals surface area contributed by atoms with E-state index in [1.54, 1.807) is 0 Å². The van der Waals surface area contributed by atoms with E-state index in [1.807, 2.05) is 72.9 Å². The Hall–Kier alpha value is -4.17. The molecule has 0 fully saturated rings. The van der Waals surface area contributed by atoms with Crippen LogP contribution in [0.4, 0.5) is 0 Å². The normalized spacial score (nSPS) is 12.3. The number of nitrogens with zero attached hydrogens (tertiary/aromatic N) is 2. The number of aryl methyl sites for hydroxylation is 1. The third-order valence-electron chi connectivity index (χ3n) is 7.79. The largest absolute Gasteiger partial charge is 0.305 e. The van der Waals surface area contributed by atoms with Crippen LogP contribution < -0.4 is 0 Å². The number of fused-ring (bicyclic) bond motifs is 3. The molecule has 0 unspecified atom stereocenters. The topological polar surface area (TPSA) is 25.8 Å². The molecule has 0 saturated heterocycles. The summed E-state index contributed by atoms with van der Waals surface area (Å²) in [6.45, 7) is 6.77. The van der Waals surface area contributed by atoms with Gasteiger partial charge in [0.05, 0.1) is 0 Å². The van der Waals surface area contributed by atoms with Crippen molar-refractivity contribution in [3.8, 4) is 44.8 Å². The third kappa shape index (κ3) is 5.76. The summed E-state index contributed by atoms with van der Waals surface area (Å²) in [4.78, 5) is 9.02. The maximum absolute atomic E-state index is 4.53. The number of rotatable bonds is 4. The Morgan fingerprint density at radius 1 is 0.643 bits per heavy atom. The van der Waals surface area contributed by atoms with Crippen molar-refractivity contribution < 1.29 is 20.1 Å². The molecule has 1 aliphatic carbocycles. The fourth-order valence-electron chi connectivity index (χ4n) is 5.77. The number of pyridine rings is 2. The van der Waals surface area contributed by atoms with Crippen LogP contribution >= 0.6 is 0 Å². The number of hydrogen-bond acceptors (Lipinski definition) is 2. The zero-order valence-corrected chi connectivity index (χ0v) is 26.5. The minimum absolute atomic E-state index is 0. The molecule has 2 aromatic heterocycles. The first kappa shape index (κ1) is 29.3. The molecule has 6 aromatic rings. The number of benzene rings is 4. The summed E-state index contributed by atoms with van der Waals surface area (Å²) in [5, 5.41) is 0. The van der Waals surface area contributed by atoms with Gasteiger partial charge in [0.15, 0.2) is 0 Å². The van der Waals surface area contributed by atoms with Crippen LogP contribution in [0.2, 0.25) is 0 Å². The van der Waals surface area contributed by atoms with Crippen molar-refractivity contribution in [2.24, 2.45) is 0 Å². The second-order valence-corrected chi connectivity index (χ2v) is 10.7. The molecule has 2 heterocycles. The molecule has 0 amide bonds. The number of hydrogen-bond donors (Lipinski definition) is 0. The molecule has 42 heavy (non-hydrogen) atoms. The first-order valence-corrected chi connectivity index (χ1v) is 14.2. The quantitative estimate of drug-likeness (QED) is 0.170. The summed E-state index contributed by atoms with van der Waals surface area (Å²) in [6.07, 6.45) is 2.80. The third-order valence-corrected chi connectivity index (χ3v) is 7.79. The molecule has 4 aromatic carbocycles. The maximum atomic E-state index is 4.53. The van der Waals surface area contributed by atoms with Gasteiger partial charge >= 0.3 is 0 Å². The van der Waals surface area contributed by atoms with Gasteiger partial charge in [0.1, 0.15) is 0 Å². The van der Waals surface area contributed by atoms with E-state index in [-0.39, 0.29) is 25.5 Å². The van der Waals surface area contributed by atoms with E-state index in [4.69, 9.17) is 0 Å². The van der Waals surface area contributed by atoms with Gasteiger partial charge in [-0.15, -0.1) is 71.3 Å². The molecule has 0 saturated carbocycles. The molecule has 0 N–H and O–H groups in total. The van der Waals surface area contributed by atoms with E-state index in [0.29, 0.717) is 0 Å². The van der Waals surface area contributed by atoms with Gasteiger partial charge in [-0.05, 0) is 57.8 Å². The van der Waals surface area contributed by atoms with Crippen molar-refractivity contribution in [2.75, 3.05) is 0 Å². The fraction of sp³-hybridized carbons (Fsp3) is 0.128. The molecule has 209 valence electrons. The van der Waals surface area contributed by atoms with E-state index in [2.05, 4.69) is 97.5 Å². The summed E-state index contributed by atoms with van der Waals surface area (Å²) >= 11 is 0. The van der Waals surface area contributed by atoms with Crippen LogP contribution in [0.1, 0.15) is 37.6 Å². The van der Waals surface area contributed by atoms with Gasteiger partial charge in [-0.25, -0.2) is 0 Å². The van der Waals surface area contributed by atoms with Gasteiger partial charge in [-0.3, -0.25) is 0 Å². The van der Waals surface area contributed by atoms with E-state index in [0.717, 1.165) is 34.6 Å². The minimum Gasteiger partial charge on any atom is -0.305 e. The molecule has 2 nitrogen and oxygen atoms in total. The first-order valence-electron chi connectivity index (χ1n) is 14.2. The second kappa shape index (κ2) is 12.8. The summed E-state index contributed by atoms with van der Waals surface area (Å²) in [7, 11) is 0. The number of aromatic nitrogens is 2. The van der Waals surface area contributed by atoms with Gasteiger partial charge in [-0.2, -0.15) is 0 Å². The smallest absolute Gasteiger partial charge is 0.0294 e. The SMILES string of the molecule is CC1(C)c2ccccc2-c2cccc(-c3cc[c-]c(-c4ccccn4)c3)c21.CCc1cccc(-c2[c-]cccc2)n1.[Ir]. The summed E-state index contributed by atoms with van der Waals surface area (Å²) in [5.41, 5.74) is 13.2. The Bertz CT molecular complexity index is 1790. The van der Waals surface area contributed by atoms with Crippen molar-refractivity contribution >= 4 is 0 Å². The van der Waals surface area contributed by atoms with Gasteiger partial charge in [0, 0.05) is 37.4 Å². The monoisotopic (exact) mass is 721 g/mol. The average molecular weight is 721 g/mol. The van der Waals surface area contributed by atoms with Crippen LogP contribution in [0.3, 0.4) is 0 Å². The van der Waals surface area contributed by atoms with Crippen molar-refractivity contribution in [3.05, 3.63) is 156 Å². The van der Waals surface area contributed by atoms with E-state index in [1.165, 1.54) is 33.4 Å². The molecule has 0 atom stereocenters. The summed E-state index contributed by atoms with van der Waals surface area (Å²) in [6, 6.07) is 48.3. The van der Waals surface area contributed by atoms with Gasteiger partial charge in [0.25, 0.3) is 0 Å². The van der Waals surface area contributed by atoms with E-state index in [9.17, 15) is 0 Å². The van der Waals surface area contributed by atoms with Crippen LogP contribution in [0.25, 0.3) is 44.8 Å². The molecular weight excluding hydrogens is 689 g/mol. The summed E-state index contributed by atoms with van der Waals surface area (Å²) in [5.74, 6) is 0. The standard InChI is InChI=1S/C26H20N.C13H12N.Ir/c1-26(2)23-14-4-3-11-21(23)22-13-8-12-20(25(22)26)18-9-7-10-19(17-18)24-15-5-6-16-27-24;1-2-12-9-6-10-13(14-12)11-7-4-3-5-8-11;/h3-9,11-17H,1-2H3;3-7,9-10H,2H2,1H3;/q2*-1;. The predicted molar refractivity (Wildman–Crippen MR) is 169 cm³/mol. The van der Waals surface area contributed by atoms with Crippen LogP contribution in [0.5, 0.6) is 0 Å². The van der Waals surface area contributed by atoms with Gasteiger partial charge in [-0.1, -0.05) is 87.5 Å². The molecule has 0 spiro atoms. The van der Waals surface area contributed by atoms with E-state index < -0.39 is 0 Å². The van der Waals surface area contributed by atoms with Crippen LogP contribution in [-0.4, -0.2) is 9.97 Å². The van der Waals surface area contributed by atoms with E-state index >= 15 is 0 Å². The molecule has 7 rings (SSSR count). The maximum Gasteiger partial charge on any atom is 0.0294 e. The zero-order valence-electron chi connectivity index (χ0n) is 24.1. The Morgan fingerprint density at radius 2 is 1.36 bits per heavy atom. The zero-order chi connectivity index (χ0) is 28.2. The van der Waals surface area contributed by atoms with Gasteiger partial charge < -0.3 is 9.97 Å². The van der Waals surface area contributed by atoms with Crippen LogP contribution in [-0.2, 0) is 31.9 Å². The molecule has 1 radical (unpaired) electrons. The second-order valence-electron chi connectivity index (χ2n) is 10.7. The van der Waals surface area contributed by atoms with Crippen molar-refractivity contribution in [1.29, 1.82) is 0 Å². The molecule has 0 aliphatic heterocycles. The van der Waals surface area contributed by atoms with Crippen LogP contribution in [0, 0.1) is 12.1 Å². The fourth-order valence-corrected chi connectivity index (χ4v) is 5.77. The Labute approximate surface area is 262 Å². The van der Waals surface area contributed by atoms with Crippen molar-refractivity contribution in [3.63, 3.8) is 0 Å². The Morgan fingerprint density at radius 3 is 2.14 bits per heavy atom. The first-order chi connectivity index (χ1) is 20.1. The molecular formula is C39H32IrN2-2. The molecule has 1 aliphatic rings. The van der Waals surface area contributed by atoms with Crippen molar-refractivity contribution in [1.82, 2.24) is 9.97 Å².